The highest BCUT2D eigenvalue weighted by Crippen LogP contribution is 2.32. The minimum Gasteiger partial charge on any atom is -0.454 e. The average Bonchev–Trinajstić information content (AvgIpc) is 2.99. The fraction of sp³-hybridized carbons (Fsp3) is 0.235. The van der Waals surface area contributed by atoms with Crippen molar-refractivity contribution in [2.24, 2.45) is 0 Å². The third-order valence-corrected chi connectivity index (χ3v) is 4.00. The Balaban J connectivity index is 1.50. The Hall–Kier alpha value is -2.24. The second-order valence-corrected chi connectivity index (χ2v) is 5.66. The van der Waals surface area contributed by atoms with E-state index >= 15 is 0 Å². The van der Waals surface area contributed by atoms with Gasteiger partial charge in [-0.2, -0.15) is 0 Å². The van der Waals surface area contributed by atoms with Crippen molar-refractivity contribution in [1.29, 1.82) is 0 Å². The molecule has 2 N–H and O–H groups in total. The highest BCUT2D eigenvalue weighted by molar-refractivity contribution is 6.31. The van der Waals surface area contributed by atoms with Crippen LogP contribution in [-0.2, 0) is 11.3 Å². The highest BCUT2D eigenvalue weighted by atomic mass is 35.5. The molecule has 0 spiro atoms. The van der Waals surface area contributed by atoms with Gasteiger partial charge in [-0.15, -0.1) is 0 Å². The zero-order valence-corrected chi connectivity index (χ0v) is 13.4. The average molecular weight is 333 g/mol. The van der Waals surface area contributed by atoms with E-state index in [1.807, 2.05) is 37.3 Å². The SMILES string of the molecule is Cc1c(Cl)cccc1NC(=O)CNCc1ccc2c(c1)OCO2. The number of carbonyl (C=O) groups is 1. The molecule has 0 saturated heterocycles. The van der Waals surface area contributed by atoms with Gasteiger partial charge in [-0.1, -0.05) is 23.7 Å². The molecule has 0 radical (unpaired) electrons. The first-order valence-electron chi connectivity index (χ1n) is 7.27. The van der Waals surface area contributed by atoms with Gasteiger partial charge in [-0.25, -0.2) is 0 Å². The second-order valence-electron chi connectivity index (χ2n) is 5.25. The molecule has 3 rings (SSSR count). The molecule has 2 aromatic rings. The lowest BCUT2D eigenvalue weighted by atomic mass is 10.2. The topological polar surface area (TPSA) is 59.6 Å². The van der Waals surface area contributed by atoms with E-state index in [-0.39, 0.29) is 19.2 Å². The Bertz CT molecular complexity index is 734. The Morgan fingerprint density at radius 3 is 2.91 bits per heavy atom. The quantitative estimate of drug-likeness (QED) is 0.883. The van der Waals surface area contributed by atoms with Crippen LogP contribution in [0.15, 0.2) is 36.4 Å². The van der Waals surface area contributed by atoms with Crippen molar-refractivity contribution in [2.45, 2.75) is 13.5 Å². The Kier molecular flexibility index (Phi) is 4.69. The summed E-state index contributed by atoms with van der Waals surface area (Å²) in [5, 5.41) is 6.59. The Labute approximate surface area is 139 Å². The normalized spacial score (nSPS) is 12.3. The van der Waals surface area contributed by atoms with Gasteiger partial charge in [0.1, 0.15) is 0 Å². The molecule has 1 amide bonds. The van der Waals surface area contributed by atoms with Crippen molar-refractivity contribution in [3.63, 3.8) is 0 Å². The number of hydrogen-bond acceptors (Lipinski definition) is 4. The van der Waals surface area contributed by atoms with E-state index in [0.717, 1.165) is 28.3 Å². The second kappa shape index (κ2) is 6.89. The van der Waals surface area contributed by atoms with Crippen LogP contribution >= 0.6 is 11.6 Å². The molecule has 0 bridgehead atoms. The number of amides is 1. The Morgan fingerprint density at radius 2 is 2.04 bits per heavy atom. The standard InChI is InChI=1S/C17H17ClN2O3/c1-11-13(18)3-2-4-14(11)20-17(21)9-19-8-12-5-6-15-16(7-12)23-10-22-15/h2-7,19H,8-10H2,1H3,(H,20,21). The number of nitrogens with one attached hydrogen (secondary N) is 2. The van der Waals surface area contributed by atoms with Crippen LogP contribution in [0.25, 0.3) is 0 Å². The van der Waals surface area contributed by atoms with E-state index in [2.05, 4.69) is 10.6 Å². The number of fused-ring (bicyclic) bond motifs is 1. The molecule has 0 fully saturated rings. The van der Waals surface area contributed by atoms with Crippen LogP contribution in [0.1, 0.15) is 11.1 Å². The first kappa shape index (κ1) is 15.6. The maximum Gasteiger partial charge on any atom is 0.238 e. The van der Waals surface area contributed by atoms with Gasteiger partial charge in [0.25, 0.3) is 0 Å². The number of rotatable bonds is 5. The summed E-state index contributed by atoms with van der Waals surface area (Å²) in [6.45, 7) is 2.91. The Morgan fingerprint density at radius 1 is 1.22 bits per heavy atom. The number of carbonyl (C=O) groups excluding carboxylic acids is 1. The van der Waals surface area contributed by atoms with Crippen molar-refractivity contribution in [1.82, 2.24) is 5.32 Å². The molecule has 0 aliphatic carbocycles. The van der Waals surface area contributed by atoms with E-state index in [4.69, 9.17) is 21.1 Å². The molecular weight excluding hydrogens is 316 g/mol. The van der Waals surface area contributed by atoms with Crippen molar-refractivity contribution in [2.75, 3.05) is 18.7 Å². The van der Waals surface area contributed by atoms with Crippen LogP contribution in [0.3, 0.4) is 0 Å². The van der Waals surface area contributed by atoms with Crippen molar-refractivity contribution in [3.05, 3.63) is 52.5 Å². The van der Waals surface area contributed by atoms with Crippen molar-refractivity contribution < 1.29 is 14.3 Å². The predicted molar refractivity (Wildman–Crippen MR) is 89.1 cm³/mol. The minimum atomic E-state index is -0.115. The van der Waals surface area contributed by atoms with E-state index in [1.165, 1.54) is 0 Å². The first-order valence-corrected chi connectivity index (χ1v) is 7.65. The van der Waals surface area contributed by atoms with Crippen LogP contribution in [0.2, 0.25) is 5.02 Å². The van der Waals surface area contributed by atoms with Gasteiger partial charge in [0.2, 0.25) is 12.7 Å². The van der Waals surface area contributed by atoms with Gasteiger partial charge in [-0.05, 0) is 42.3 Å². The molecule has 0 aromatic heterocycles. The maximum absolute atomic E-state index is 12.0. The third-order valence-electron chi connectivity index (χ3n) is 3.59. The lowest BCUT2D eigenvalue weighted by Gasteiger charge is -2.10. The molecule has 120 valence electrons. The van der Waals surface area contributed by atoms with E-state index in [9.17, 15) is 4.79 Å². The van der Waals surface area contributed by atoms with Gasteiger partial charge >= 0.3 is 0 Å². The molecule has 0 saturated carbocycles. The van der Waals surface area contributed by atoms with Crippen LogP contribution < -0.4 is 20.1 Å². The molecule has 1 aliphatic heterocycles. The number of benzene rings is 2. The summed E-state index contributed by atoms with van der Waals surface area (Å²) in [5.74, 6) is 1.38. The summed E-state index contributed by atoms with van der Waals surface area (Å²) < 4.78 is 10.6. The van der Waals surface area contributed by atoms with Crippen LogP contribution in [0.4, 0.5) is 5.69 Å². The molecule has 0 unspecified atom stereocenters. The summed E-state index contributed by atoms with van der Waals surface area (Å²) in [7, 11) is 0. The smallest absolute Gasteiger partial charge is 0.238 e. The highest BCUT2D eigenvalue weighted by Gasteiger charge is 2.13. The summed E-state index contributed by atoms with van der Waals surface area (Å²) in [6, 6.07) is 11.2. The van der Waals surface area contributed by atoms with E-state index < -0.39 is 0 Å². The predicted octanol–water partition coefficient (Wildman–Crippen LogP) is 3.11. The fourth-order valence-corrected chi connectivity index (χ4v) is 2.48. The lowest BCUT2D eigenvalue weighted by Crippen LogP contribution is -2.28. The summed E-state index contributed by atoms with van der Waals surface area (Å²) in [6.07, 6.45) is 0. The van der Waals surface area contributed by atoms with E-state index in [0.29, 0.717) is 11.6 Å². The monoisotopic (exact) mass is 332 g/mol. The van der Waals surface area contributed by atoms with E-state index in [1.54, 1.807) is 6.07 Å². The lowest BCUT2D eigenvalue weighted by molar-refractivity contribution is -0.115. The summed E-state index contributed by atoms with van der Waals surface area (Å²) >= 11 is 6.04. The van der Waals surface area contributed by atoms with Gasteiger partial charge in [0, 0.05) is 17.3 Å². The zero-order chi connectivity index (χ0) is 16.2. The maximum atomic E-state index is 12.0. The molecule has 1 heterocycles. The molecule has 5 nitrogen and oxygen atoms in total. The first-order chi connectivity index (χ1) is 11.1. The number of hydrogen-bond donors (Lipinski definition) is 2. The summed E-state index contributed by atoms with van der Waals surface area (Å²) in [4.78, 5) is 12.0. The van der Waals surface area contributed by atoms with Crippen LogP contribution in [0, 0.1) is 6.92 Å². The largest absolute Gasteiger partial charge is 0.454 e. The molecule has 23 heavy (non-hydrogen) atoms. The molecular formula is C17H17ClN2O3. The molecule has 1 aliphatic rings. The molecule has 0 atom stereocenters. The molecule has 6 heteroatoms. The van der Waals surface area contributed by atoms with Crippen LogP contribution in [0.5, 0.6) is 11.5 Å². The minimum absolute atomic E-state index is 0.115. The van der Waals surface area contributed by atoms with Crippen LogP contribution in [-0.4, -0.2) is 19.2 Å². The van der Waals surface area contributed by atoms with Gasteiger partial charge in [0.15, 0.2) is 11.5 Å². The van der Waals surface area contributed by atoms with Gasteiger partial charge < -0.3 is 20.1 Å². The van der Waals surface area contributed by atoms with Crippen molar-refractivity contribution >= 4 is 23.2 Å². The number of halogens is 1. The number of ether oxygens (including phenoxy) is 2. The van der Waals surface area contributed by atoms with Gasteiger partial charge in [-0.3, -0.25) is 4.79 Å². The fourth-order valence-electron chi connectivity index (χ4n) is 2.31. The zero-order valence-electron chi connectivity index (χ0n) is 12.7. The van der Waals surface area contributed by atoms with Gasteiger partial charge in [0.05, 0.1) is 6.54 Å². The van der Waals surface area contributed by atoms with Crippen molar-refractivity contribution in [3.8, 4) is 11.5 Å². The molecule has 2 aromatic carbocycles. The third kappa shape index (κ3) is 3.75. The number of anilines is 1. The summed E-state index contributed by atoms with van der Waals surface area (Å²) in [5.41, 5.74) is 2.62.